The van der Waals surface area contributed by atoms with Crippen LogP contribution in [0.3, 0.4) is 0 Å². The predicted octanol–water partition coefficient (Wildman–Crippen LogP) is 5.10. The van der Waals surface area contributed by atoms with E-state index in [4.69, 9.17) is 19.3 Å². The van der Waals surface area contributed by atoms with Crippen LogP contribution in [0.25, 0.3) is 0 Å². The van der Waals surface area contributed by atoms with E-state index in [-0.39, 0.29) is 11.6 Å². The molecule has 2 aromatic carbocycles. The number of ether oxygens (including phenoxy) is 3. The average molecular weight is 514 g/mol. The van der Waals surface area contributed by atoms with Gasteiger partial charge in [0.15, 0.2) is 11.5 Å². The summed E-state index contributed by atoms with van der Waals surface area (Å²) in [6.07, 6.45) is 5.28. The Kier molecular flexibility index (Phi) is 12.1. The minimum absolute atomic E-state index is 0.0793. The molecule has 7 heteroatoms. The summed E-state index contributed by atoms with van der Waals surface area (Å²) in [6.45, 7) is 8.87. The highest BCUT2D eigenvalue weighted by Gasteiger charge is 2.34. The number of aliphatic hydroxyl groups excluding tert-OH is 1. The van der Waals surface area contributed by atoms with Gasteiger partial charge in [-0.15, -0.1) is 0 Å². The fraction of sp³-hybridized carbons (Fsp3) is 0.500. The maximum atomic E-state index is 10.6. The summed E-state index contributed by atoms with van der Waals surface area (Å²) >= 11 is 0. The number of carboxylic acid groups (broad SMARTS) is 1. The van der Waals surface area contributed by atoms with Gasteiger partial charge in [-0.2, -0.15) is 0 Å². The van der Waals surface area contributed by atoms with Crippen LogP contribution < -0.4 is 14.8 Å². The molecule has 3 rings (SSSR count). The van der Waals surface area contributed by atoms with E-state index in [1.165, 1.54) is 30.0 Å². The van der Waals surface area contributed by atoms with Crippen molar-refractivity contribution in [3.05, 3.63) is 71.3 Å². The summed E-state index contributed by atoms with van der Waals surface area (Å²) in [4.78, 5) is 9.51. The molecule has 0 saturated heterocycles. The number of hydrogen-bond acceptors (Lipinski definition) is 6. The smallest absolute Gasteiger partial charge is 0.327 e. The van der Waals surface area contributed by atoms with Gasteiger partial charge in [-0.3, -0.25) is 0 Å². The van der Waals surface area contributed by atoms with E-state index in [0.29, 0.717) is 19.1 Å². The van der Waals surface area contributed by atoms with E-state index >= 15 is 0 Å². The number of aliphatic hydroxyl groups is 1. The van der Waals surface area contributed by atoms with Crippen molar-refractivity contribution in [2.24, 2.45) is 5.92 Å². The number of carbonyl (C=O) groups is 1. The molecule has 0 unspecified atom stereocenters. The molecule has 1 fully saturated rings. The zero-order valence-corrected chi connectivity index (χ0v) is 23.0. The van der Waals surface area contributed by atoms with Gasteiger partial charge < -0.3 is 29.7 Å². The van der Waals surface area contributed by atoms with E-state index < -0.39 is 12.1 Å². The van der Waals surface area contributed by atoms with Crippen molar-refractivity contribution in [3.8, 4) is 11.5 Å². The van der Waals surface area contributed by atoms with Gasteiger partial charge in [0.25, 0.3) is 0 Å². The molecular weight excluding hydrogens is 470 g/mol. The number of allylic oxidation sites excluding steroid dienone is 1. The quantitative estimate of drug-likeness (QED) is 0.321. The first-order chi connectivity index (χ1) is 17.6. The number of benzene rings is 2. The third kappa shape index (κ3) is 10.6. The molecule has 0 spiro atoms. The predicted molar refractivity (Wildman–Crippen MR) is 146 cm³/mol. The normalized spacial score (nSPS) is 15.0. The van der Waals surface area contributed by atoms with Crippen molar-refractivity contribution >= 4 is 5.97 Å². The van der Waals surface area contributed by atoms with Crippen molar-refractivity contribution in [2.45, 2.75) is 64.7 Å². The maximum Gasteiger partial charge on any atom is 0.327 e. The first-order valence-electron chi connectivity index (χ1n) is 12.8. The third-order valence-corrected chi connectivity index (χ3v) is 6.23. The summed E-state index contributed by atoms with van der Waals surface area (Å²) < 4.78 is 16.9. The molecule has 204 valence electrons. The Balaban J connectivity index is 0.000000717. The van der Waals surface area contributed by atoms with Crippen LogP contribution in [-0.2, 0) is 16.0 Å². The van der Waals surface area contributed by atoms with Crippen LogP contribution in [0, 0.1) is 12.8 Å². The summed E-state index contributed by atoms with van der Waals surface area (Å²) in [5.74, 6) is 1.13. The molecule has 0 amide bonds. The molecular formula is C30H43NO6. The van der Waals surface area contributed by atoms with Crippen LogP contribution in [-0.4, -0.2) is 55.2 Å². The Morgan fingerprint density at radius 1 is 1.14 bits per heavy atom. The van der Waals surface area contributed by atoms with Gasteiger partial charge in [-0.25, -0.2) is 4.79 Å². The highest BCUT2D eigenvalue weighted by molar-refractivity contribution is 5.79. The summed E-state index contributed by atoms with van der Waals surface area (Å²) in [5.41, 5.74) is 3.46. The molecule has 1 aliphatic carbocycles. The van der Waals surface area contributed by atoms with Gasteiger partial charge in [0.1, 0.15) is 0 Å². The fourth-order valence-corrected chi connectivity index (χ4v) is 4.16. The Morgan fingerprint density at radius 3 is 2.35 bits per heavy atom. The second-order valence-corrected chi connectivity index (χ2v) is 10.1. The van der Waals surface area contributed by atoms with E-state index in [1.807, 2.05) is 18.2 Å². The number of nitrogens with one attached hydrogen (secondary N) is 1. The average Bonchev–Trinajstić information content (AvgIpc) is 3.69. The van der Waals surface area contributed by atoms with Gasteiger partial charge in [0, 0.05) is 18.2 Å². The number of carboxylic acids is 1. The standard InChI is InChI=1S/C26H37NO4.C4H6O2/c1-18-8-6-7-9-22(18)25(20-11-12-20)31-17-21(28)16-27-26(2,3)15-19-10-13-23(29-4)24(14-19)30-5;1-2-3-4(5)6/h6-10,13-14,20-21,25,27-28H,11-12,15-17H2,1-5H3;2-3H,1H3,(H,5,6)/b;3-2+/t21-,25-;/m1./s1. The first-order valence-corrected chi connectivity index (χ1v) is 12.8. The molecule has 2 atom stereocenters. The first kappa shape index (κ1) is 30.4. The molecule has 0 radical (unpaired) electrons. The van der Waals surface area contributed by atoms with Crippen molar-refractivity contribution in [3.63, 3.8) is 0 Å². The number of methoxy groups -OCH3 is 2. The van der Waals surface area contributed by atoms with E-state index in [2.05, 4.69) is 50.4 Å². The largest absolute Gasteiger partial charge is 0.493 e. The molecule has 37 heavy (non-hydrogen) atoms. The van der Waals surface area contributed by atoms with E-state index in [9.17, 15) is 9.90 Å². The lowest BCUT2D eigenvalue weighted by atomic mass is 9.94. The molecule has 0 aliphatic heterocycles. The Hall–Kier alpha value is -2.87. The number of rotatable bonds is 13. The maximum absolute atomic E-state index is 10.6. The minimum atomic E-state index is -0.891. The van der Waals surface area contributed by atoms with Crippen molar-refractivity contribution < 1.29 is 29.2 Å². The lowest BCUT2D eigenvalue weighted by Gasteiger charge is -2.29. The summed E-state index contributed by atoms with van der Waals surface area (Å²) in [6, 6.07) is 14.4. The topological polar surface area (TPSA) is 97.3 Å². The number of aryl methyl sites for hydroxylation is 1. The molecule has 2 aromatic rings. The lowest BCUT2D eigenvalue weighted by Crippen LogP contribution is -2.46. The zero-order chi connectivity index (χ0) is 27.4. The van der Waals surface area contributed by atoms with Crippen molar-refractivity contribution in [2.75, 3.05) is 27.4 Å². The van der Waals surface area contributed by atoms with Gasteiger partial charge in [-0.05, 0) is 81.7 Å². The SMILES string of the molecule is C/C=C/C(=O)O.COc1ccc(CC(C)(C)NC[C@@H](O)CO[C@@H](c2ccccc2C)C2CC2)cc1OC. The van der Waals surface area contributed by atoms with Gasteiger partial charge >= 0.3 is 5.97 Å². The van der Waals surface area contributed by atoms with Crippen LogP contribution in [0.2, 0.25) is 0 Å². The van der Waals surface area contributed by atoms with E-state index in [1.54, 1.807) is 21.1 Å². The molecule has 0 bridgehead atoms. The monoisotopic (exact) mass is 513 g/mol. The molecule has 1 saturated carbocycles. The minimum Gasteiger partial charge on any atom is -0.493 e. The third-order valence-electron chi connectivity index (χ3n) is 6.23. The highest BCUT2D eigenvalue weighted by Crippen LogP contribution is 2.44. The van der Waals surface area contributed by atoms with E-state index in [0.717, 1.165) is 29.6 Å². The number of hydrogen-bond donors (Lipinski definition) is 3. The van der Waals surface area contributed by atoms with Crippen LogP contribution in [0.5, 0.6) is 11.5 Å². The molecule has 1 aliphatic rings. The van der Waals surface area contributed by atoms with Crippen LogP contribution in [0.15, 0.2) is 54.6 Å². The summed E-state index contributed by atoms with van der Waals surface area (Å²) in [7, 11) is 3.28. The Bertz CT molecular complexity index is 1010. The number of aliphatic carboxylic acids is 1. The lowest BCUT2D eigenvalue weighted by molar-refractivity contribution is -0.131. The highest BCUT2D eigenvalue weighted by atomic mass is 16.5. The molecule has 3 N–H and O–H groups in total. The fourth-order valence-electron chi connectivity index (χ4n) is 4.16. The Labute approximate surface area is 221 Å². The summed E-state index contributed by atoms with van der Waals surface area (Å²) in [5, 5.41) is 21.9. The molecule has 0 heterocycles. The van der Waals surface area contributed by atoms with Gasteiger partial charge in [-0.1, -0.05) is 36.4 Å². The molecule has 0 aromatic heterocycles. The van der Waals surface area contributed by atoms with Crippen molar-refractivity contribution in [1.82, 2.24) is 5.32 Å². The van der Waals surface area contributed by atoms with Crippen LogP contribution in [0.4, 0.5) is 0 Å². The van der Waals surface area contributed by atoms with Crippen LogP contribution in [0.1, 0.15) is 56.4 Å². The van der Waals surface area contributed by atoms with Gasteiger partial charge in [0.2, 0.25) is 0 Å². The zero-order valence-electron chi connectivity index (χ0n) is 23.0. The second-order valence-electron chi connectivity index (χ2n) is 10.1. The van der Waals surface area contributed by atoms with Crippen LogP contribution >= 0.6 is 0 Å². The second kappa shape index (κ2) is 14.8. The number of β-amino-alcohol motifs (C(OH)–C–C–N with tert-alkyl or cyclic N) is 1. The van der Waals surface area contributed by atoms with Gasteiger partial charge in [0.05, 0.1) is 33.0 Å². The Morgan fingerprint density at radius 2 is 1.81 bits per heavy atom. The van der Waals surface area contributed by atoms with Crippen molar-refractivity contribution in [1.29, 1.82) is 0 Å². The molecule has 7 nitrogen and oxygen atoms in total.